The van der Waals surface area contributed by atoms with Gasteiger partial charge in [-0.15, -0.1) is 0 Å². The number of hydrogen-bond donors (Lipinski definition) is 1. The van der Waals surface area contributed by atoms with E-state index in [1.54, 1.807) is 17.5 Å². The number of aromatic nitrogens is 4. The van der Waals surface area contributed by atoms with E-state index < -0.39 is 0 Å². The predicted molar refractivity (Wildman–Crippen MR) is 103 cm³/mol. The molecule has 1 saturated carbocycles. The second-order valence-electron chi connectivity index (χ2n) is 6.43. The molecule has 0 spiro atoms. The third-order valence-corrected chi connectivity index (χ3v) is 5.33. The molecule has 1 aliphatic carbocycles. The van der Waals surface area contributed by atoms with Crippen LogP contribution in [0.4, 0.5) is 10.9 Å². The Morgan fingerprint density at radius 3 is 2.77 bits per heavy atom. The van der Waals surface area contributed by atoms with Crippen LogP contribution < -0.4 is 10.1 Å². The maximum Gasteiger partial charge on any atom is 0.317 e. The number of thiazole rings is 1. The fourth-order valence-corrected chi connectivity index (χ4v) is 3.93. The second-order valence-corrected chi connectivity index (χ2v) is 7.46. The van der Waals surface area contributed by atoms with E-state index in [2.05, 4.69) is 25.3 Å². The molecule has 3 heterocycles. The Morgan fingerprint density at radius 2 is 1.96 bits per heavy atom. The van der Waals surface area contributed by atoms with Crippen molar-refractivity contribution >= 4 is 22.3 Å². The molecular weight excluding hydrogens is 346 g/mol. The minimum Gasteiger partial charge on any atom is -0.460 e. The molecule has 7 heteroatoms. The van der Waals surface area contributed by atoms with Gasteiger partial charge >= 0.3 is 6.01 Å². The number of anilines is 2. The average Bonchev–Trinajstić information content (AvgIpc) is 3.13. The zero-order chi connectivity index (χ0) is 17.8. The zero-order valence-electron chi connectivity index (χ0n) is 14.7. The summed E-state index contributed by atoms with van der Waals surface area (Å²) in [5.74, 6) is 0.772. The maximum absolute atomic E-state index is 6.01. The molecule has 3 aromatic rings. The smallest absolute Gasteiger partial charge is 0.317 e. The van der Waals surface area contributed by atoms with Crippen molar-refractivity contribution in [3.63, 3.8) is 0 Å². The van der Waals surface area contributed by atoms with Crippen molar-refractivity contribution in [2.24, 2.45) is 0 Å². The van der Waals surface area contributed by atoms with Crippen LogP contribution in [0, 0.1) is 6.92 Å². The summed E-state index contributed by atoms with van der Waals surface area (Å²) in [5.41, 5.74) is 1.88. The van der Waals surface area contributed by atoms with E-state index in [1.165, 1.54) is 19.3 Å². The number of aryl methyl sites for hydroxylation is 1. The van der Waals surface area contributed by atoms with Gasteiger partial charge in [-0.1, -0.05) is 23.8 Å². The van der Waals surface area contributed by atoms with E-state index in [1.807, 2.05) is 37.5 Å². The highest BCUT2D eigenvalue weighted by Crippen LogP contribution is 2.32. The molecule has 0 aliphatic heterocycles. The van der Waals surface area contributed by atoms with Crippen molar-refractivity contribution in [3.8, 4) is 16.6 Å². The van der Waals surface area contributed by atoms with Gasteiger partial charge in [0, 0.05) is 18.6 Å². The lowest BCUT2D eigenvalue weighted by Crippen LogP contribution is -2.20. The highest BCUT2D eigenvalue weighted by atomic mass is 32.1. The molecule has 1 N–H and O–H groups in total. The first kappa shape index (κ1) is 16.9. The van der Waals surface area contributed by atoms with Gasteiger partial charge in [-0.05, 0) is 50.3 Å². The number of hydrogen-bond acceptors (Lipinski definition) is 7. The Kier molecular flexibility index (Phi) is 5.06. The molecule has 0 bridgehead atoms. The van der Waals surface area contributed by atoms with Crippen molar-refractivity contribution < 1.29 is 4.74 Å². The summed E-state index contributed by atoms with van der Waals surface area (Å²) >= 11 is 1.54. The zero-order valence-corrected chi connectivity index (χ0v) is 15.5. The molecule has 0 saturated heterocycles. The molecular formula is C19H21N5OS. The van der Waals surface area contributed by atoms with E-state index >= 15 is 0 Å². The van der Waals surface area contributed by atoms with Gasteiger partial charge in [0.05, 0.1) is 10.6 Å². The number of nitrogens with one attached hydrogen (secondary N) is 1. The molecule has 6 nitrogen and oxygen atoms in total. The second kappa shape index (κ2) is 7.78. The molecule has 1 aliphatic rings. The molecule has 3 aromatic heterocycles. The Hall–Kier alpha value is -2.54. The molecule has 0 unspecified atom stereocenters. The number of pyridine rings is 1. The summed E-state index contributed by atoms with van der Waals surface area (Å²) in [6, 6.07) is 6.20. The van der Waals surface area contributed by atoms with Gasteiger partial charge in [0.1, 0.15) is 11.9 Å². The van der Waals surface area contributed by atoms with Gasteiger partial charge in [0.2, 0.25) is 0 Å². The van der Waals surface area contributed by atoms with Crippen molar-refractivity contribution in [3.05, 3.63) is 42.4 Å². The Morgan fingerprint density at radius 1 is 1.08 bits per heavy atom. The fraction of sp³-hybridized carbons (Fsp3) is 0.368. The van der Waals surface area contributed by atoms with Gasteiger partial charge in [0.15, 0.2) is 5.13 Å². The third kappa shape index (κ3) is 3.99. The molecule has 134 valence electrons. The van der Waals surface area contributed by atoms with E-state index in [4.69, 9.17) is 4.74 Å². The monoisotopic (exact) mass is 367 g/mol. The van der Waals surface area contributed by atoms with Crippen LogP contribution in [0.3, 0.4) is 0 Å². The highest BCUT2D eigenvalue weighted by Gasteiger charge is 2.18. The number of nitrogens with zero attached hydrogens (tertiary/aromatic N) is 4. The van der Waals surface area contributed by atoms with E-state index in [9.17, 15) is 0 Å². The number of rotatable bonds is 5. The van der Waals surface area contributed by atoms with Crippen molar-refractivity contribution in [1.82, 2.24) is 19.9 Å². The Labute approximate surface area is 156 Å². The van der Waals surface area contributed by atoms with Crippen LogP contribution in [-0.4, -0.2) is 26.0 Å². The van der Waals surface area contributed by atoms with E-state index in [0.717, 1.165) is 39.9 Å². The van der Waals surface area contributed by atoms with Gasteiger partial charge < -0.3 is 10.1 Å². The minimum atomic E-state index is 0.238. The fourth-order valence-electron chi connectivity index (χ4n) is 3.05. The molecule has 0 amide bonds. The van der Waals surface area contributed by atoms with Crippen LogP contribution in [0.25, 0.3) is 10.6 Å². The summed E-state index contributed by atoms with van der Waals surface area (Å²) in [7, 11) is 0. The van der Waals surface area contributed by atoms with Crippen molar-refractivity contribution in [1.29, 1.82) is 0 Å². The van der Waals surface area contributed by atoms with Gasteiger partial charge in [-0.2, -0.15) is 4.98 Å². The first-order valence-corrected chi connectivity index (χ1v) is 9.74. The van der Waals surface area contributed by atoms with Crippen LogP contribution in [0.1, 0.15) is 37.7 Å². The lowest BCUT2D eigenvalue weighted by atomic mass is 9.98. The highest BCUT2D eigenvalue weighted by molar-refractivity contribution is 7.18. The van der Waals surface area contributed by atoms with Gasteiger partial charge in [0.25, 0.3) is 0 Å². The standard InChI is InChI=1S/C19H21N5OS/c1-13-11-21-18(25-14-7-3-2-4-8-14)24-17(13)15-12-22-19(26-15)23-16-9-5-6-10-20-16/h5-6,9-12,14H,2-4,7-8H2,1H3,(H,20,22,23). The molecule has 0 radical (unpaired) electrons. The molecule has 1 fully saturated rings. The molecule has 0 atom stereocenters. The van der Waals surface area contributed by atoms with E-state index in [0.29, 0.717) is 6.01 Å². The predicted octanol–water partition coefficient (Wildman–Crippen LogP) is 4.76. The summed E-state index contributed by atoms with van der Waals surface area (Å²) in [6.07, 6.45) is 11.6. The Balaban J connectivity index is 1.52. The molecule has 4 rings (SSSR count). The quantitative estimate of drug-likeness (QED) is 0.701. The Bertz CT molecular complexity index is 861. The summed E-state index contributed by atoms with van der Waals surface area (Å²) in [4.78, 5) is 18.7. The SMILES string of the molecule is Cc1cnc(OC2CCCCC2)nc1-c1cnc(Nc2ccccn2)s1. The van der Waals surface area contributed by atoms with E-state index in [-0.39, 0.29) is 6.10 Å². The summed E-state index contributed by atoms with van der Waals surface area (Å²) in [6.45, 7) is 2.01. The lowest BCUT2D eigenvalue weighted by Gasteiger charge is -2.21. The topological polar surface area (TPSA) is 72.8 Å². The number of ether oxygens (including phenoxy) is 1. The summed E-state index contributed by atoms with van der Waals surface area (Å²) < 4.78 is 6.01. The van der Waals surface area contributed by atoms with Crippen LogP contribution >= 0.6 is 11.3 Å². The molecule has 26 heavy (non-hydrogen) atoms. The minimum absolute atomic E-state index is 0.238. The summed E-state index contributed by atoms with van der Waals surface area (Å²) in [5, 5.41) is 4.00. The maximum atomic E-state index is 6.01. The molecule has 0 aromatic carbocycles. The van der Waals surface area contributed by atoms with Crippen LogP contribution in [0.2, 0.25) is 0 Å². The lowest BCUT2D eigenvalue weighted by molar-refractivity contribution is 0.142. The average molecular weight is 367 g/mol. The van der Waals surface area contributed by atoms with Crippen LogP contribution in [0.5, 0.6) is 6.01 Å². The first-order chi connectivity index (χ1) is 12.8. The van der Waals surface area contributed by atoms with Crippen molar-refractivity contribution in [2.45, 2.75) is 45.1 Å². The first-order valence-electron chi connectivity index (χ1n) is 8.92. The van der Waals surface area contributed by atoms with Crippen molar-refractivity contribution in [2.75, 3.05) is 5.32 Å². The van der Waals surface area contributed by atoms with Gasteiger partial charge in [-0.25, -0.2) is 15.0 Å². The third-order valence-electron chi connectivity index (χ3n) is 4.41. The van der Waals surface area contributed by atoms with Gasteiger partial charge in [-0.3, -0.25) is 0 Å². The van der Waals surface area contributed by atoms with Crippen LogP contribution in [-0.2, 0) is 0 Å². The normalized spacial score (nSPS) is 15.0. The van der Waals surface area contributed by atoms with Crippen LogP contribution in [0.15, 0.2) is 36.8 Å². The largest absolute Gasteiger partial charge is 0.460 e.